The molecule has 4 N–H and O–H groups in total. The monoisotopic (exact) mass is 179 g/mol. The lowest BCUT2D eigenvalue weighted by molar-refractivity contribution is 0.101. The maximum atomic E-state index is 11.0. The number of carbonyl (C=O) groups is 1. The van der Waals surface area contributed by atoms with Crippen molar-refractivity contribution in [3.05, 3.63) is 23.8 Å². The Morgan fingerprint density at radius 1 is 1.38 bits per heavy atom. The zero-order valence-corrected chi connectivity index (χ0v) is 7.19. The van der Waals surface area contributed by atoms with E-state index in [1.54, 1.807) is 0 Å². The molecule has 0 atom stereocenters. The molecule has 1 aromatic rings. The molecule has 0 spiro atoms. The number of rotatable bonds is 2. The van der Waals surface area contributed by atoms with Crippen LogP contribution in [0.4, 0.5) is 5.69 Å². The van der Waals surface area contributed by atoms with Crippen molar-refractivity contribution < 1.29 is 14.8 Å². The molecule has 1 rings (SSSR count). The summed E-state index contributed by atoms with van der Waals surface area (Å²) in [6, 6.07) is 4.31. The number of Topliss-reactive ketones (excluding diaryl/α,β-unsaturated/α-hetero) is 1. The Morgan fingerprint density at radius 3 is 2.46 bits per heavy atom. The van der Waals surface area contributed by atoms with Crippen molar-refractivity contribution in [2.24, 2.45) is 0 Å². The van der Waals surface area contributed by atoms with E-state index < -0.39 is 7.12 Å². The van der Waals surface area contributed by atoms with Crippen molar-refractivity contribution in [2.45, 2.75) is 6.92 Å². The van der Waals surface area contributed by atoms with Gasteiger partial charge < -0.3 is 15.8 Å². The Labute approximate surface area is 76.1 Å². The first-order valence-electron chi connectivity index (χ1n) is 3.78. The van der Waals surface area contributed by atoms with Gasteiger partial charge in [0.15, 0.2) is 5.78 Å². The first-order chi connectivity index (χ1) is 6.00. The molecule has 0 aromatic heterocycles. The van der Waals surface area contributed by atoms with Crippen LogP contribution < -0.4 is 11.2 Å². The van der Waals surface area contributed by atoms with E-state index in [4.69, 9.17) is 15.8 Å². The fraction of sp³-hybridized carbons (Fsp3) is 0.125. The van der Waals surface area contributed by atoms with Crippen LogP contribution >= 0.6 is 0 Å². The molecule has 0 saturated heterocycles. The third-order valence-electron chi connectivity index (χ3n) is 1.68. The van der Waals surface area contributed by atoms with Gasteiger partial charge in [-0.25, -0.2) is 0 Å². The third-order valence-corrected chi connectivity index (χ3v) is 1.68. The van der Waals surface area contributed by atoms with Crippen LogP contribution in [0.3, 0.4) is 0 Å². The Bertz CT molecular complexity index is 338. The van der Waals surface area contributed by atoms with Crippen LogP contribution in [0.1, 0.15) is 17.3 Å². The van der Waals surface area contributed by atoms with Crippen LogP contribution in [0.25, 0.3) is 0 Å². The SMILES string of the molecule is CC(=O)c1cc(N)cc(B(O)O)c1. The van der Waals surface area contributed by atoms with Crippen LogP contribution in [0.15, 0.2) is 18.2 Å². The van der Waals surface area contributed by atoms with Gasteiger partial charge in [-0.2, -0.15) is 0 Å². The van der Waals surface area contributed by atoms with Gasteiger partial charge in [0.05, 0.1) is 0 Å². The van der Waals surface area contributed by atoms with Crippen LogP contribution in [0, 0.1) is 0 Å². The van der Waals surface area contributed by atoms with Gasteiger partial charge in [0.2, 0.25) is 0 Å². The van der Waals surface area contributed by atoms with Gasteiger partial charge in [0.1, 0.15) is 0 Å². The second-order valence-electron chi connectivity index (χ2n) is 2.82. The van der Waals surface area contributed by atoms with Crippen molar-refractivity contribution in [1.29, 1.82) is 0 Å². The lowest BCUT2D eigenvalue weighted by Crippen LogP contribution is -2.30. The van der Waals surface area contributed by atoms with E-state index in [9.17, 15) is 4.79 Å². The molecule has 1 aromatic carbocycles. The maximum absolute atomic E-state index is 11.0. The highest BCUT2D eigenvalue weighted by Crippen LogP contribution is 2.05. The van der Waals surface area contributed by atoms with E-state index >= 15 is 0 Å². The summed E-state index contributed by atoms with van der Waals surface area (Å²) < 4.78 is 0. The van der Waals surface area contributed by atoms with Crippen molar-refractivity contribution in [3.8, 4) is 0 Å². The number of hydrogen-bond acceptors (Lipinski definition) is 4. The van der Waals surface area contributed by atoms with Gasteiger partial charge in [-0.05, 0) is 24.5 Å². The second-order valence-corrected chi connectivity index (χ2v) is 2.82. The molecule has 68 valence electrons. The van der Waals surface area contributed by atoms with Gasteiger partial charge in [-0.15, -0.1) is 0 Å². The Kier molecular flexibility index (Phi) is 2.70. The number of nitrogen functional groups attached to an aromatic ring is 1. The van der Waals surface area contributed by atoms with E-state index in [2.05, 4.69) is 0 Å². The molecule has 0 radical (unpaired) electrons. The highest BCUT2D eigenvalue weighted by molar-refractivity contribution is 6.58. The average Bonchev–Trinajstić information content (AvgIpc) is 2.03. The van der Waals surface area contributed by atoms with Gasteiger partial charge >= 0.3 is 7.12 Å². The second kappa shape index (κ2) is 3.59. The number of anilines is 1. The first kappa shape index (κ1) is 9.76. The molecular weight excluding hydrogens is 169 g/mol. The third kappa shape index (κ3) is 2.30. The number of nitrogens with two attached hydrogens (primary N) is 1. The Morgan fingerprint density at radius 2 is 2.00 bits per heavy atom. The predicted octanol–water partition coefficient (Wildman–Crippen LogP) is -0.849. The zero-order chi connectivity index (χ0) is 10.0. The summed E-state index contributed by atoms with van der Waals surface area (Å²) in [6.45, 7) is 1.39. The minimum Gasteiger partial charge on any atom is -0.423 e. The predicted molar refractivity (Wildman–Crippen MR) is 50.7 cm³/mol. The molecule has 0 fully saturated rings. The molecule has 0 aliphatic rings. The zero-order valence-electron chi connectivity index (χ0n) is 7.19. The van der Waals surface area contributed by atoms with E-state index in [0.29, 0.717) is 11.3 Å². The lowest BCUT2D eigenvalue weighted by atomic mass is 9.79. The quantitative estimate of drug-likeness (QED) is 0.313. The molecule has 0 aliphatic heterocycles. The number of ketones is 1. The summed E-state index contributed by atoms with van der Waals surface area (Å²) in [6.07, 6.45) is 0. The topological polar surface area (TPSA) is 83.6 Å². The summed E-state index contributed by atoms with van der Waals surface area (Å²) in [4.78, 5) is 11.0. The van der Waals surface area contributed by atoms with E-state index in [0.717, 1.165) is 0 Å². The standard InChI is InChI=1S/C8H10BNO3/c1-5(11)6-2-7(9(12)13)4-8(10)3-6/h2-4,12-13H,10H2,1H3. The largest absolute Gasteiger partial charge is 0.488 e. The summed E-state index contributed by atoms with van der Waals surface area (Å²) in [5, 5.41) is 17.7. The highest BCUT2D eigenvalue weighted by atomic mass is 16.4. The van der Waals surface area contributed by atoms with Crippen molar-refractivity contribution in [1.82, 2.24) is 0 Å². The molecule has 0 aliphatic carbocycles. The normalized spacial score (nSPS) is 9.77. The van der Waals surface area contributed by atoms with Gasteiger partial charge in [-0.1, -0.05) is 6.07 Å². The summed E-state index contributed by atoms with van der Waals surface area (Å²) >= 11 is 0. The van der Waals surface area contributed by atoms with Crippen LogP contribution in [0.2, 0.25) is 0 Å². The van der Waals surface area contributed by atoms with Crippen molar-refractivity contribution in [3.63, 3.8) is 0 Å². The lowest BCUT2D eigenvalue weighted by Gasteiger charge is -2.03. The fourth-order valence-corrected chi connectivity index (χ4v) is 1.03. The number of benzene rings is 1. The molecular formula is C8H10BNO3. The molecule has 0 saturated carbocycles. The summed E-state index contributed by atoms with van der Waals surface area (Å²) in [5.41, 5.74) is 6.41. The van der Waals surface area contributed by atoms with Crippen LogP contribution in [0.5, 0.6) is 0 Å². The first-order valence-corrected chi connectivity index (χ1v) is 3.78. The molecule has 0 amide bonds. The minimum absolute atomic E-state index is 0.158. The highest BCUT2D eigenvalue weighted by Gasteiger charge is 2.13. The van der Waals surface area contributed by atoms with Crippen molar-refractivity contribution in [2.75, 3.05) is 5.73 Å². The van der Waals surface area contributed by atoms with E-state index in [1.165, 1.54) is 25.1 Å². The minimum atomic E-state index is -1.60. The average molecular weight is 179 g/mol. The van der Waals surface area contributed by atoms with Gasteiger partial charge in [0, 0.05) is 11.3 Å². The Hall–Kier alpha value is -1.33. The smallest absolute Gasteiger partial charge is 0.423 e. The fourth-order valence-electron chi connectivity index (χ4n) is 1.03. The van der Waals surface area contributed by atoms with Gasteiger partial charge in [0.25, 0.3) is 0 Å². The van der Waals surface area contributed by atoms with Crippen LogP contribution in [-0.4, -0.2) is 22.9 Å². The maximum Gasteiger partial charge on any atom is 0.488 e. The Balaban J connectivity index is 3.19. The molecule has 4 nitrogen and oxygen atoms in total. The molecule has 0 heterocycles. The molecule has 5 heteroatoms. The van der Waals surface area contributed by atoms with E-state index in [1.807, 2.05) is 0 Å². The summed E-state index contributed by atoms with van der Waals surface area (Å²) in [7, 11) is -1.60. The molecule has 0 bridgehead atoms. The van der Waals surface area contributed by atoms with Gasteiger partial charge in [-0.3, -0.25) is 4.79 Å². The number of hydrogen-bond donors (Lipinski definition) is 3. The van der Waals surface area contributed by atoms with Crippen LogP contribution in [-0.2, 0) is 0 Å². The van der Waals surface area contributed by atoms with E-state index in [-0.39, 0.29) is 11.2 Å². The summed E-state index contributed by atoms with van der Waals surface area (Å²) in [5.74, 6) is -0.158. The molecule has 0 unspecified atom stereocenters. The van der Waals surface area contributed by atoms with Crippen molar-refractivity contribution >= 4 is 24.1 Å². The molecule has 13 heavy (non-hydrogen) atoms. The number of carbonyl (C=O) groups excluding carboxylic acids is 1.